The van der Waals surface area contributed by atoms with E-state index in [0.29, 0.717) is 5.82 Å². The minimum absolute atomic E-state index is 0.214. The topological polar surface area (TPSA) is 79.4 Å². The minimum Gasteiger partial charge on any atom is -0.508 e. The van der Waals surface area contributed by atoms with Crippen molar-refractivity contribution < 1.29 is 10.2 Å². The quantitative estimate of drug-likeness (QED) is 0.662. The number of anilines is 1. The minimum atomic E-state index is 0.214. The first kappa shape index (κ1) is 15.9. The summed E-state index contributed by atoms with van der Waals surface area (Å²) in [6.07, 6.45) is 1.78. The highest BCUT2D eigenvalue weighted by molar-refractivity contribution is 5.85. The number of phenols is 2. The van der Waals surface area contributed by atoms with E-state index in [-0.39, 0.29) is 17.4 Å². The highest BCUT2D eigenvalue weighted by atomic mass is 16.3. The lowest BCUT2D eigenvalue weighted by Crippen LogP contribution is -2.03. The van der Waals surface area contributed by atoms with Gasteiger partial charge >= 0.3 is 0 Å². The molecule has 0 aliphatic rings. The normalized spacial score (nSPS) is 11.0. The molecule has 0 spiro atoms. The first-order valence-corrected chi connectivity index (χ1v) is 7.84. The third-order valence-corrected chi connectivity index (χ3v) is 4.06. The zero-order chi connectivity index (χ0) is 17.3. The van der Waals surface area contributed by atoms with Gasteiger partial charge in [-0.05, 0) is 46.9 Å². The van der Waals surface area contributed by atoms with Gasteiger partial charge in [0.15, 0.2) is 0 Å². The number of aromatic hydroxyl groups is 2. The molecule has 0 atom stereocenters. The number of aromatic nitrogens is 1. The number of nitrogens with two attached hydrogens (primary N) is 1. The van der Waals surface area contributed by atoms with Gasteiger partial charge in [0.2, 0.25) is 0 Å². The summed E-state index contributed by atoms with van der Waals surface area (Å²) in [5.74, 6) is 1.13. The predicted octanol–water partition coefficient (Wildman–Crippen LogP) is 4.53. The highest BCUT2D eigenvalue weighted by Gasteiger charge is 2.18. The largest absolute Gasteiger partial charge is 0.508 e. The number of hydrogen-bond acceptors (Lipinski definition) is 4. The molecule has 0 saturated heterocycles. The molecule has 0 fully saturated rings. The zero-order valence-electron chi connectivity index (χ0n) is 13.7. The van der Waals surface area contributed by atoms with Crippen LogP contribution in [0.4, 0.5) is 5.82 Å². The van der Waals surface area contributed by atoms with Crippen LogP contribution < -0.4 is 5.73 Å². The summed E-state index contributed by atoms with van der Waals surface area (Å²) in [5, 5.41) is 19.1. The molecular weight excluding hydrogens is 300 g/mol. The molecule has 0 bridgehead atoms. The van der Waals surface area contributed by atoms with Gasteiger partial charge in [-0.1, -0.05) is 38.1 Å². The molecule has 0 aliphatic heterocycles. The fourth-order valence-electron chi connectivity index (χ4n) is 2.94. The van der Waals surface area contributed by atoms with Crippen LogP contribution >= 0.6 is 0 Å². The fourth-order valence-corrected chi connectivity index (χ4v) is 2.94. The van der Waals surface area contributed by atoms with Gasteiger partial charge in [0.05, 0.1) is 0 Å². The second-order valence-electron chi connectivity index (χ2n) is 6.09. The molecular formula is C20H20N2O2. The number of benzene rings is 2. The van der Waals surface area contributed by atoms with E-state index in [0.717, 1.165) is 27.8 Å². The van der Waals surface area contributed by atoms with E-state index in [1.165, 1.54) is 0 Å². The summed E-state index contributed by atoms with van der Waals surface area (Å²) >= 11 is 0. The highest BCUT2D eigenvalue weighted by Crippen LogP contribution is 2.40. The van der Waals surface area contributed by atoms with Crippen molar-refractivity contribution in [1.29, 1.82) is 0 Å². The number of nitrogen functional groups attached to an aromatic ring is 1. The molecule has 0 amide bonds. The Morgan fingerprint density at radius 2 is 1.33 bits per heavy atom. The van der Waals surface area contributed by atoms with Crippen LogP contribution in [0.1, 0.15) is 25.3 Å². The van der Waals surface area contributed by atoms with Crippen molar-refractivity contribution in [1.82, 2.24) is 4.98 Å². The SMILES string of the molecule is CC(C)c1c(-c2ccc(O)cc2)cnc(N)c1-c1ccc(O)cc1. The van der Waals surface area contributed by atoms with Crippen molar-refractivity contribution in [2.24, 2.45) is 0 Å². The second kappa shape index (κ2) is 6.24. The Morgan fingerprint density at radius 3 is 1.83 bits per heavy atom. The van der Waals surface area contributed by atoms with E-state index < -0.39 is 0 Å². The lowest BCUT2D eigenvalue weighted by Gasteiger charge is -2.20. The van der Waals surface area contributed by atoms with Gasteiger partial charge in [0.1, 0.15) is 17.3 Å². The second-order valence-corrected chi connectivity index (χ2v) is 6.09. The maximum absolute atomic E-state index is 9.54. The van der Waals surface area contributed by atoms with E-state index >= 15 is 0 Å². The molecule has 4 heteroatoms. The zero-order valence-corrected chi connectivity index (χ0v) is 13.7. The molecule has 2 aromatic carbocycles. The summed E-state index contributed by atoms with van der Waals surface area (Å²) in [7, 11) is 0. The molecule has 4 nitrogen and oxygen atoms in total. The van der Waals surface area contributed by atoms with E-state index in [1.807, 2.05) is 24.3 Å². The Kier molecular flexibility index (Phi) is 4.13. The number of hydrogen-bond donors (Lipinski definition) is 3. The first-order chi connectivity index (χ1) is 11.5. The van der Waals surface area contributed by atoms with Gasteiger partial charge in [-0.15, -0.1) is 0 Å². The third kappa shape index (κ3) is 2.91. The lowest BCUT2D eigenvalue weighted by molar-refractivity contribution is 0.475. The predicted molar refractivity (Wildman–Crippen MR) is 96.9 cm³/mol. The molecule has 4 N–H and O–H groups in total. The van der Waals surface area contributed by atoms with Crippen molar-refractivity contribution in [3.05, 3.63) is 60.3 Å². The molecule has 3 rings (SSSR count). The molecule has 3 aromatic rings. The van der Waals surface area contributed by atoms with Gasteiger partial charge in [-0.25, -0.2) is 4.98 Å². The molecule has 0 aliphatic carbocycles. The first-order valence-electron chi connectivity index (χ1n) is 7.84. The van der Waals surface area contributed by atoms with Gasteiger partial charge in [0.25, 0.3) is 0 Å². The standard InChI is InChI=1S/C20H20N2O2/c1-12(2)18-17(13-3-7-15(23)8-4-13)11-22-20(21)19(18)14-5-9-16(24)10-6-14/h3-12,23-24H,1-2H3,(H2,21,22). The van der Waals surface area contributed by atoms with Crippen molar-refractivity contribution in [3.63, 3.8) is 0 Å². The smallest absolute Gasteiger partial charge is 0.131 e. The number of phenolic OH excluding ortho intramolecular Hbond substituents is 2. The average molecular weight is 320 g/mol. The molecule has 1 heterocycles. The van der Waals surface area contributed by atoms with Crippen LogP contribution in [0.5, 0.6) is 11.5 Å². The maximum atomic E-state index is 9.54. The number of nitrogens with zero attached hydrogens (tertiary/aromatic N) is 1. The fraction of sp³-hybridized carbons (Fsp3) is 0.150. The molecule has 122 valence electrons. The van der Waals surface area contributed by atoms with Gasteiger partial charge in [-0.3, -0.25) is 0 Å². The van der Waals surface area contributed by atoms with Gasteiger partial charge < -0.3 is 15.9 Å². The van der Waals surface area contributed by atoms with Gasteiger partial charge in [-0.2, -0.15) is 0 Å². The van der Waals surface area contributed by atoms with Crippen molar-refractivity contribution >= 4 is 5.82 Å². The van der Waals surface area contributed by atoms with E-state index in [2.05, 4.69) is 18.8 Å². The van der Waals surface area contributed by atoms with Crippen LogP contribution in [0, 0.1) is 0 Å². The molecule has 0 radical (unpaired) electrons. The monoisotopic (exact) mass is 320 g/mol. The molecule has 24 heavy (non-hydrogen) atoms. The van der Waals surface area contributed by atoms with Crippen molar-refractivity contribution in [2.75, 3.05) is 5.73 Å². The molecule has 0 unspecified atom stereocenters. The summed E-state index contributed by atoms with van der Waals surface area (Å²) < 4.78 is 0. The maximum Gasteiger partial charge on any atom is 0.131 e. The Hall–Kier alpha value is -3.01. The van der Waals surface area contributed by atoms with Crippen LogP contribution in [0.3, 0.4) is 0 Å². The van der Waals surface area contributed by atoms with E-state index in [4.69, 9.17) is 5.73 Å². The summed E-state index contributed by atoms with van der Waals surface area (Å²) in [5.41, 5.74) is 11.1. The number of pyridine rings is 1. The van der Waals surface area contributed by atoms with Crippen molar-refractivity contribution in [3.8, 4) is 33.8 Å². The Balaban J connectivity index is 2.27. The van der Waals surface area contributed by atoms with Crippen LogP contribution in [-0.4, -0.2) is 15.2 Å². The van der Waals surface area contributed by atoms with E-state index in [9.17, 15) is 10.2 Å². The third-order valence-electron chi connectivity index (χ3n) is 4.06. The van der Waals surface area contributed by atoms with Gasteiger partial charge in [0, 0.05) is 17.3 Å². The van der Waals surface area contributed by atoms with E-state index in [1.54, 1.807) is 30.5 Å². The van der Waals surface area contributed by atoms with Crippen molar-refractivity contribution in [2.45, 2.75) is 19.8 Å². The Morgan fingerprint density at radius 1 is 0.833 bits per heavy atom. The number of rotatable bonds is 3. The Labute approximate surface area is 141 Å². The summed E-state index contributed by atoms with van der Waals surface area (Å²) in [4.78, 5) is 4.37. The summed E-state index contributed by atoms with van der Waals surface area (Å²) in [6.45, 7) is 4.23. The Bertz CT molecular complexity index is 854. The molecule has 1 aromatic heterocycles. The van der Waals surface area contributed by atoms with Crippen LogP contribution in [0.2, 0.25) is 0 Å². The van der Waals surface area contributed by atoms with Crippen LogP contribution in [0.15, 0.2) is 54.7 Å². The van der Waals surface area contributed by atoms with Crippen LogP contribution in [-0.2, 0) is 0 Å². The molecule has 0 saturated carbocycles. The lowest BCUT2D eigenvalue weighted by atomic mass is 9.87. The summed E-state index contributed by atoms with van der Waals surface area (Å²) in [6, 6.07) is 14.0. The van der Waals surface area contributed by atoms with Crippen LogP contribution in [0.25, 0.3) is 22.3 Å². The average Bonchev–Trinajstić information content (AvgIpc) is 2.56.